The van der Waals surface area contributed by atoms with E-state index in [0.717, 1.165) is 12.8 Å². The SMILES string of the molecule is Cn1c(=O)oc2cc(C(=O)C3CC3)cc(Cl)c21. The van der Waals surface area contributed by atoms with Crippen molar-refractivity contribution in [1.29, 1.82) is 0 Å². The van der Waals surface area contributed by atoms with E-state index >= 15 is 0 Å². The van der Waals surface area contributed by atoms with Crippen LogP contribution in [0.4, 0.5) is 0 Å². The lowest BCUT2D eigenvalue weighted by atomic mass is 10.1. The van der Waals surface area contributed by atoms with Crippen molar-refractivity contribution in [1.82, 2.24) is 4.57 Å². The third kappa shape index (κ3) is 1.60. The average molecular weight is 252 g/mol. The molecule has 0 amide bonds. The van der Waals surface area contributed by atoms with Gasteiger partial charge in [0.15, 0.2) is 11.4 Å². The van der Waals surface area contributed by atoms with Crippen molar-refractivity contribution in [3.8, 4) is 0 Å². The predicted octanol–water partition coefficient (Wildman–Crippen LogP) is 2.38. The van der Waals surface area contributed by atoms with Gasteiger partial charge in [0, 0.05) is 18.5 Å². The van der Waals surface area contributed by atoms with E-state index in [1.807, 2.05) is 0 Å². The number of oxazole rings is 1. The summed E-state index contributed by atoms with van der Waals surface area (Å²) in [7, 11) is 1.59. The number of hydrogen-bond donors (Lipinski definition) is 0. The molecule has 17 heavy (non-hydrogen) atoms. The molecule has 4 nitrogen and oxygen atoms in total. The van der Waals surface area contributed by atoms with E-state index in [1.54, 1.807) is 19.2 Å². The molecule has 88 valence electrons. The Balaban J connectivity index is 2.23. The average Bonchev–Trinajstić information content (AvgIpc) is 3.06. The number of aryl methyl sites for hydroxylation is 1. The molecule has 3 rings (SSSR count). The molecule has 1 fully saturated rings. The Bertz CT molecular complexity index is 679. The highest BCUT2D eigenvalue weighted by Crippen LogP contribution is 2.34. The van der Waals surface area contributed by atoms with Crippen LogP contribution in [0.2, 0.25) is 5.02 Å². The summed E-state index contributed by atoms with van der Waals surface area (Å²) in [5.74, 6) is -0.267. The smallest absolute Gasteiger partial charge is 0.408 e. The van der Waals surface area contributed by atoms with Crippen molar-refractivity contribution in [2.45, 2.75) is 12.8 Å². The minimum absolute atomic E-state index is 0.0836. The number of carbonyl (C=O) groups is 1. The first-order valence-corrected chi connectivity index (χ1v) is 5.79. The van der Waals surface area contributed by atoms with Crippen molar-refractivity contribution in [3.63, 3.8) is 0 Å². The lowest BCUT2D eigenvalue weighted by molar-refractivity contribution is 0.0967. The first kappa shape index (κ1) is 10.6. The molecule has 1 aliphatic carbocycles. The summed E-state index contributed by atoms with van der Waals surface area (Å²) < 4.78 is 6.38. The maximum atomic E-state index is 11.9. The van der Waals surface area contributed by atoms with Crippen LogP contribution in [0.3, 0.4) is 0 Å². The van der Waals surface area contributed by atoms with E-state index < -0.39 is 5.76 Å². The summed E-state index contributed by atoms with van der Waals surface area (Å²) in [4.78, 5) is 23.3. The van der Waals surface area contributed by atoms with Crippen LogP contribution in [0.15, 0.2) is 21.3 Å². The molecule has 0 spiro atoms. The zero-order valence-corrected chi connectivity index (χ0v) is 9.95. The number of nitrogens with zero attached hydrogens (tertiary/aromatic N) is 1. The van der Waals surface area contributed by atoms with Gasteiger partial charge >= 0.3 is 5.76 Å². The van der Waals surface area contributed by atoms with Gasteiger partial charge in [-0.3, -0.25) is 9.36 Å². The molecular formula is C12H10ClNO3. The van der Waals surface area contributed by atoms with Crippen LogP contribution in [0.5, 0.6) is 0 Å². The number of carbonyl (C=O) groups excluding carboxylic acids is 1. The highest BCUT2D eigenvalue weighted by Gasteiger charge is 2.31. The monoisotopic (exact) mass is 251 g/mol. The third-order valence-electron chi connectivity index (χ3n) is 3.07. The lowest BCUT2D eigenvalue weighted by Gasteiger charge is -2.01. The van der Waals surface area contributed by atoms with Gasteiger partial charge in [-0.2, -0.15) is 0 Å². The van der Waals surface area contributed by atoms with E-state index in [-0.39, 0.29) is 11.7 Å². The second-order valence-corrected chi connectivity index (χ2v) is 4.78. The highest BCUT2D eigenvalue weighted by molar-refractivity contribution is 6.35. The number of rotatable bonds is 2. The molecule has 5 heteroatoms. The Kier molecular flexibility index (Phi) is 2.16. The number of fused-ring (bicyclic) bond motifs is 1. The predicted molar refractivity (Wildman–Crippen MR) is 63.5 cm³/mol. The summed E-state index contributed by atoms with van der Waals surface area (Å²) in [6.45, 7) is 0. The van der Waals surface area contributed by atoms with E-state index in [2.05, 4.69) is 0 Å². The normalized spacial score (nSPS) is 15.4. The summed E-state index contributed by atoms with van der Waals surface area (Å²) in [6, 6.07) is 3.21. The summed E-state index contributed by atoms with van der Waals surface area (Å²) in [5, 5.41) is 0.375. The summed E-state index contributed by atoms with van der Waals surface area (Å²) in [6.07, 6.45) is 1.88. The van der Waals surface area contributed by atoms with E-state index in [0.29, 0.717) is 21.7 Å². The molecule has 1 aliphatic rings. The molecule has 1 aromatic carbocycles. The van der Waals surface area contributed by atoms with Gasteiger partial charge in [0.25, 0.3) is 0 Å². The van der Waals surface area contributed by atoms with Gasteiger partial charge in [-0.25, -0.2) is 4.79 Å². The van der Waals surface area contributed by atoms with E-state index in [4.69, 9.17) is 16.0 Å². The number of benzene rings is 1. The number of Topliss-reactive ketones (excluding diaryl/α,β-unsaturated/α-hetero) is 1. The second-order valence-electron chi connectivity index (χ2n) is 4.37. The standard InChI is InChI=1S/C12H10ClNO3/c1-14-10-8(13)4-7(11(15)6-2-3-6)5-9(10)17-12(14)16/h4-6H,2-3H2,1H3. The minimum Gasteiger partial charge on any atom is -0.408 e. The van der Waals surface area contributed by atoms with E-state index in [1.165, 1.54) is 4.57 Å². The molecule has 1 heterocycles. The quantitative estimate of drug-likeness (QED) is 0.770. The van der Waals surface area contributed by atoms with Crippen molar-refractivity contribution < 1.29 is 9.21 Å². The second kappa shape index (κ2) is 3.47. The number of hydrogen-bond acceptors (Lipinski definition) is 3. The molecule has 0 aliphatic heterocycles. The zero-order valence-electron chi connectivity index (χ0n) is 9.20. The molecular weight excluding hydrogens is 242 g/mol. The van der Waals surface area contributed by atoms with Crippen molar-refractivity contribution >= 4 is 28.5 Å². The van der Waals surface area contributed by atoms with Gasteiger partial charge in [-0.1, -0.05) is 11.6 Å². The maximum Gasteiger partial charge on any atom is 0.419 e. The first-order chi connectivity index (χ1) is 8.08. The Hall–Kier alpha value is -1.55. The van der Waals surface area contributed by atoms with Gasteiger partial charge in [0.2, 0.25) is 0 Å². The largest absolute Gasteiger partial charge is 0.419 e. The van der Waals surface area contributed by atoms with Gasteiger partial charge in [-0.15, -0.1) is 0 Å². The van der Waals surface area contributed by atoms with Crippen LogP contribution < -0.4 is 5.76 Å². The zero-order chi connectivity index (χ0) is 12.2. The molecule has 0 saturated heterocycles. The van der Waals surface area contributed by atoms with Crippen LogP contribution in [0.25, 0.3) is 11.1 Å². The fraction of sp³-hybridized carbons (Fsp3) is 0.333. The molecule has 0 N–H and O–H groups in total. The number of halogens is 1. The minimum atomic E-state index is -0.474. The van der Waals surface area contributed by atoms with Crippen molar-refractivity contribution in [2.24, 2.45) is 13.0 Å². The summed E-state index contributed by atoms with van der Waals surface area (Å²) in [5.41, 5.74) is 1.43. The topological polar surface area (TPSA) is 52.2 Å². The molecule has 0 atom stereocenters. The van der Waals surface area contributed by atoms with Crippen LogP contribution in [-0.4, -0.2) is 10.4 Å². The summed E-state index contributed by atoms with van der Waals surface area (Å²) >= 11 is 6.08. The molecule has 0 bridgehead atoms. The number of ketones is 1. The van der Waals surface area contributed by atoms with Crippen LogP contribution in [0, 0.1) is 5.92 Å². The molecule has 1 aromatic heterocycles. The van der Waals surface area contributed by atoms with E-state index in [9.17, 15) is 9.59 Å². The Morgan fingerprint density at radius 1 is 1.47 bits per heavy atom. The van der Waals surface area contributed by atoms with Crippen molar-refractivity contribution in [3.05, 3.63) is 33.3 Å². The fourth-order valence-electron chi connectivity index (χ4n) is 1.95. The van der Waals surface area contributed by atoms with Crippen LogP contribution in [-0.2, 0) is 7.05 Å². The first-order valence-electron chi connectivity index (χ1n) is 5.41. The molecule has 0 unspecified atom stereocenters. The fourth-order valence-corrected chi connectivity index (χ4v) is 2.29. The van der Waals surface area contributed by atoms with Crippen molar-refractivity contribution in [2.75, 3.05) is 0 Å². The maximum absolute atomic E-state index is 11.9. The third-order valence-corrected chi connectivity index (χ3v) is 3.36. The lowest BCUT2D eigenvalue weighted by Crippen LogP contribution is -2.08. The number of aromatic nitrogens is 1. The van der Waals surface area contributed by atoms with Gasteiger partial charge in [0.05, 0.1) is 5.02 Å². The van der Waals surface area contributed by atoms with Crippen LogP contribution >= 0.6 is 11.6 Å². The van der Waals surface area contributed by atoms with Crippen LogP contribution in [0.1, 0.15) is 23.2 Å². The van der Waals surface area contributed by atoms with Gasteiger partial charge in [0.1, 0.15) is 5.52 Å². The van der Waals surface area contributed by atoms with Gasteiger partial charge in [-0.05, 0) is 25.0 Å². The molecule has 0 radical (unpaired) electrons. The molecule has 2 aromatic rings. The highest BCUT2D eigenvalue weighted by atomic mass is 35.5. The Labute approximate surface area is 102 Å². The van der Waals surface area contributed by atoms with Gasteiger partial charge < -0.3 is 4.42 Å². The Morgan fingerprint density at radius 3 is 2.82 bits per heavy atom. The Morgan fingerprint density at radius 2 is 2.18 bits per heavy atom. The molecule has 1 saturated carbocycles.